The number of aryl methyl sites for hydroxylation is 1. The van der Waals surface area contributed by atoms with Crippen LogP contribution < -0.4 is 10.6 Å². The minimum atomic E-state index is -0.223. The molecular formula is C26H36N2O2S2. The Morgan fingerprint density at radius 2 is 1.75 bits per heavy atom. The SMILES string of the molecule is O=C(NCCCCc1ccccc1)C1CCCC1C(=O)NCc1ccc(/C=C/C=C\S)s1.[HH].[HH]. The zero-order chi connectivity index (χ0) is 22.6. The number of amides is 2. The van der Waals surface area contributed by atoms with Gasteiger partial charge in [-0.1, -0.05) is 48.9 Å². The summed E-state index contributed by atoms with van der Waals surface area (Å²) in [6.07, 6.45) is 11.3. The summed E-state index contributed by atoms with van der Waals surface area (Å²) < 4.78 is 0. The number of thiol groups is 1. The molecule has 0 aliphatic heterocycles. The average molecular weight is 473 g/mol. The number of unbranched alkanes of at least 4 members (excludes halogenated alkanes) is 1. The molecule has 2 aromatic rings. The number of rotatable bonds is 11. The van der Waals surface area contributed by atoms with Crippen LogP contribution in [0.2, 0.25) is 0 Å². The summed E-state index contributed by atoms with van der Waals surface area (Å²) in [6.45, 7) is 1.18. The zero-order valence-corrected chi connectivity index (χ0v) is 20.0. The lowest BCUT2D eigenvalue weighted by Gasteiger charge is -2.18. The molecule has 6 heteroatoms. The molecule has 2 N–H and O–H groups in total. The highest BCUT2D eigenvalue weighted by atomic mass is 32.1. The van der Waals surface area contributed by atoms with Crippen molar-refractivity contribution in [3.05, 3.63) is 75.3 Å². The lowest BCUT2D eigenvalue weighted by molar-refractivity contribution is -0.133. The predicted octanol–water partition coefficient (Wildman–Crippen LogP) is 5.87. The van der Waals surface area contributed by atoms with Gasteiger partial charge in [0.2, 0.25) is 11.8 Å². The number of thiophene rings is 1. The predicted molar refractivity (Wildman–Crippen MR) is 141 cm³/mol. The molecule has 1 aromatic carbocycles. The molecular weight excluding hydrogens is 436 g/mol. The number of nitrogens with one attached hydrogen (secondary N) is 2. The monoisotopic (exact) mass is 472 g/mol. The van der Waals surface area contributed by atoms with E-state index in [0.29, 0.717) is 13.1 Å². The molecule has 1 aromatic heterocycles. The number of allylic oxidation sites excluding steroid dienone is 2. The summed E-state index contributed by atoms with van der Waals surface area (Å²) in [5, 5.41) is 7.79. The number of carbonyl (C=O) groups excluding carboxylic acids is 2. The van der Waals surface area contributed by atoms with Crippen molar-refractivity contribution in [3.63, 3.8) is 0 Å². The van der Waals surface area contributed by atoms with Gasteiger partial charge in [0.05, 0.1) is 6.54 Å². The zero-order valence-electron chi connectivity index (χ0n) is 18.3. The van der Waals surface area contributed by atoms with E-state index < -0.39 is 0 Å². The Kier molecular flexibility index (Phi) is 10.1. The second-order valence-electron chi connectivity index (χ2n) is 8.10. The molecule has 174 valence electrons. The molecule has 0 saturated heterocycles. The van der Waals surface area contributed by atoms with E-state index in [4.69, 9.17) is 0 Å². The fraction of sp³-hybridized carbons (Fsp3) is 0.385. The van der Waals surface area contributed by atoms with Crippen LogP contribution in [0.4, 0.5) is 0 Å². The summed E-state index contributed by atoms with van der Waals surface area (Å²) in [6, 6.07) is 14.5. The van der Waals surface area contributed by atoms with Crippen molar-refractivity contribution in [1.82, 2.24) is 10.6 Å². The molecule has 2 atom stereocenters. The standard InChI is InChI=1S/C26H32N2O2S2.2H2/c29-25(27-17-6-4-11-20-9-2-1-3-10-20)23-13-8-14-24(23)26(30)28-19-22-16-15-21(32-22)12-5-7-18-31;;/h1-3,5,7,9-10,12,15-16,18,23-24,31H,4,6,8,11,13-14,17,19H2,(H,27,29)(H,28,30);2*1H/b12-5+,18-7-;;. The van der Waals surface area contributed by atoms with Crippen molar-refractivity contribution < 1.29 is 12.4 Å². The van der Waals surface area contributed by atoms with Crippen molar-refractivity contribution >= 4 is 41.9 Å². The second-order valence-corrected chi connectivity index (χ2v) is 9.60. The third-order valence-corrected chi connectivity index (χ3v) is 7.02. The summed E-state index contributed by atoms with van der Waals surface area (Å²) in [5.41, 5.74) is 1.33. The molecule has 1 saturated carbocycles. The first-order chi connectivity index (χ1) is 15.7. The summed E-state index contributed by atoms with van der Waals surface area (Å²) in [7, 11) is 0. The first-order valence-electron chi connectivity index (χ1n) is 11.3. The van der Waals surface area contributed by atoms with Gasteiger partial charge < -0.3 is 10.6 Å². The molecule has 1 aliphatic carbocycles. The van der Waals surface area contributed by atoms with Gasteiger partial charge >= 0.3 is 0 Å². The van der Waals surface area contributed by atoms with Crippen LogP contribution in [-0.2, 0) is 22.6 Å². The summed E-state index contributed by atoms with van der Waals surface area (Å²) in [5.74, 6) is -0.406. The van der Waals surface area contributed by atoms with Crippen molar-refractivity contribution in [1.29, 1.82) is 0 Å². The van der Waals surface area contributed by atoms with Crippen molar-refractivity contribution in [2.45, 2.75) is 45.1 Å². The van der Waals surface area contributed by atoms with Gasteiger partial charge in [-0.3, -0.25) is 9.59 Å². The topological polar surface area (TPSA) is 58.2 Å². The maximum Gasteiger partial charge on any atom is 0.224 e. The minimum absolute atomic E-state index is 0. The number of hydrogen-bond donors (Lipinski definition) is 3. The molecule has 0 radical (unpaired) electrons. The third-order valence-electron chi connectivity index (χ3n) is 5.80. The second kappa shape index (κ2) is 13.3. The largest absolute Gasteiger partial charge is 0.356 e. The maximum absolute atomic E-state index is 12.8. The third kappa shape index (κ3) is 7.68. The van der Waals surface area contributed by atoms with Crippen molar-refractivity contribution in [3.8, 4) is 0 Å². The van der Waals surface area contributed by atoms with E-state index in [2.05, 4.69) is 47.5 Å². The van der Waals surface area contributed by atoms with Crippen LogP contribution in [0.25, 0.3) is 6.08 Å². The van der Waals surface area contributed by atoms with E-state index in [1.54, 1.807) is 16.7 Å². The molecule has 1 heterocycles. The van der Waals surface area contributed by atoms with Gasteiger partial charge in [0.1, 0.15) is 0 Å². The van der Waals surface area contributed by atoms with Gasteiger partial charge in [-0.2, -0.15) is 12.6 Å². The molecule has 2 unspecified atom stereocenters. The number of benzene rings is 1. The Balaban J connectivity index is 0.00000289. The van der Waals surface area contributed by atoms with Crippen LogP contribution >= 0.6 is 24.0 Å². The van der Waals surface area contributed by atoms with Gasteiger partial charge in [-0.05, 0) is 61.3 Å². The van der Waals surface area contributed by atoms with Gasteiger partial charge in [0, 0.05) is 31.0 Å². The van der Waals surface area contributed by atoms with E-state index in [1.165, 1.54) is 5.56 Å². The van der Waals surface area contributed by atoms with Crippen LogP contribution in [0.1, 0.15) is 50.3 Å². The minimum Gasteiger partial charge on any atom is -0.356 e. The van der Waals surface area contributed by atoms with Crippen molar-refractivity contribution in [2.75, 3.05) is 6.54 Å². The van der Waals surface area contributed by atoms with E-state index in [-0.39, 0.29) is 26.5 Å². The first-order valence-corrected chi connectivity index (χ1v) is 12.7. The van der Waals surface area contributed by atoms with Crippen LogP contribution in [0.5, 0.6) is 0 Å². The fourth-order valence-corrected chi connectivity index (χ4v) is 5.08. The molecule has 2 amide bonds. The molecule has 4 nitrogen and oxygen atoms in total. The Morgan fingerprint density at radius 1 is 1.00 bits per heavy atom. The molecule has 0 bridgehead atoms. The lowest BCUT2D eigenvalue weighted by atomic mass is 9.94. The Bertz CT molecular complexity index is 932. The molecule has 1 aliphatic rings. The normalized spacial score (nSPS) is 18.4. The smallest absolute Gasteiger partial charge is 0.224 e. The molecule has 1 fully saturated rings. The fourth-order valence-electron chi connectivity index (χ4n) is 4.11. The molecule has 32 heavy (non-hydrogen) atoms. The lowest BCUT2D eigenvalue weighted by Crippen LogP contribution is -2.39. The van der Waals surface area contributed by atoms with E-state index in [0.717, 1.165) is 48.3 Å². The Morgan fingerprint density at radius 3 is 2.50 bits per heavy atom. The van der Waals surface area contributed by atoms with Gasteiger partial charge in [0.15, 0.2) is 0 Å². The quantitative estimate of drug-likeness (QED) is 0.218. The highest BCUT2D eigenvalue weighted by Crippen LogP contribution is 2.32. The van der Waals surface area contributed by atoms with E-state index >= 15 is 0 Å². The summed E-state index contributed by atoms with van der Waals surface area (Å²) in [4.78, 5) is 27.7. The van der Waals surface area contributed by atoms with Gasteiger partial charge in [0.25, 0.3) is 0 Å². The first kappa shape index (κ1) is 24.3. The highest BCUT2D eigenvalue weighted by Gasteiger charge is 2.37. The van der Waals surface area contributed by atoms with Gasteiger partial charge in [-0.15, -0.1) is 11.3 Å². The number of hydrogen-bond acceptors (Lipinski definition) is 4. The van der Waals surface area contributed by atoms with Crippen LogP contribution in [0.15, 0.2) is 60.0 Å². The Labute approximate surface area is 203 Å². The number of carbonyl (C=O) groups is 2. The van der Waals surface area contributed by atoms with Crippen LogP contribution in [0, 0.1) is 11.8 Å². The van der Waals surface area contributed by atoms with Crippen LogP contribution in [0.3, 0.4) is 0 Å². The van der Waals surface area contributed by atoms with E-state index in [9.17, 15) is 9.59 Å². The highest BCUT2D eigenvalue weighted by molar-refractivity contribution is 7.83. The maximum atomic E-state index is 12.8. The average Bonchev–Trinajstić information content (AvgIpc) is 3.48. The molecule has 0 spiro atoms. The van der Waals surface area contributed by atoms with E-state index in [1.807, 2.05) is 36.4 Å². The van der Waals surface area contributed by atoms with Crippen molar-refractivity contribution in [2.24, 2.45) is 11.8 Å². The Hall–Kier alpha value is -2.31. The van der Waals surface area contributed by atoms with Crippen LogP contribution in [-0.4, -0.2) is 18.4 Å². The molecule has 3 rings (SSSR count). The summed E-state index contributed by atoms with van der Waals surface area (Å²) >= 11 is 5.68. The van der Waals surface area contributed by atoms with Gasteiger partial charge in [-0.25, -0.2) is 0 Å².